The molecule has 0 saturated heterocycles. The lowest BCUT2D eigenvalue weighted by Crippen LogP contribution is -2.15. The van der Waals surface area contributed by atoms with Crippen LogP contribution in [-0.2, 0) is 15.9 Å². The maximum Gasteiger partial charge on any atom is 0.150 e. The van der Waals surface area contributed by atoms with E-state index in [9.17, 15) is 4.79 Å². The molecule has 5 nitrogen and oxygen atoms in total. The van der Waals surface area contributed by atoms with Crippen LogP contribution in [0, 0.1) is 0 Å². The van der Waals surface area contributed by atoms with Crippen LogP contribution in [0.2, 0.25) is 0 Å². The highest BCUT2D eigenvalue weighted by Gasteiger charge is 2.09. The molecule has 1 unspecified atom stereocenters. The van der Waals surface area contributed by atoms with Gasteiger partial charge >= 0.3 is 0 Å². The van der Waals surface area contributed by atoms with E-state index in [2.05, 4.69) is 6.92 Å². The van der Waals surface area contributed by atoms with Gasteiger partial charge < -0.3 is 18.9 Å². The van der Waals surface area contributed by atoms with E-state index in [4.69, 9.17) is 18.9 Å². The van der Waals surface area contributed by atoms with Crippen LogP contribution in [0.5, 0.6) is 11.5 Å². The van der Waals surface area contributed by atoms with Gasteiger partial charge in [-0.2, -0.15) is 0 Å². The Morgan fingerprint density at radius 1 is 1.03 bits per heavy atom. The highest BCUT2D eigenvalue weighted by atomic mass is 16.7. The van der Waals surface area contributed by atoms with Crippen LogP contribution >= 0.6 is 0 Å². The number of hydrogen-bond donors (Lipinski definition) is 0. The lowest BCUT2D eigenvalue weighted by Gasteiger charge is -2.16. The third kappa shape index (κ3) is 7.87. The van der Waals surface area contributed by atoms with Crippen molar-refractivity contribution in [1.29, 1.82) is 0 Å². The first-order valence-electron chi connectivity index (χ1n) is 10.2. The van der Waals surface area contributed by atoms with E-state index in [0.29, 0.717) is 32.0 Å². The lowest BCUT2D eigenvalue weighted by atomic mass is 10.0. The number of carbonyl (C=O) groups excluding carboxylic acids is 1. The smallest absolute Gasteiger partial charge is 0.150 e. The van der Waals surface area contributed by atoms with Gasteiger partial charge in [-0.1, -0.05) is 19.1 Å². The molecule has 2 aromatic carbocycles. The van der Waals surface area contributed by atoms with Crippen molar-refractivity contribution in [3.8, 4) is 11.5 Å². The van der Waals surface area contributed by atoms with Crippen LogP contribution in [-0.4, -0.2) is 39.5 Å². The Morgan fingerprint density at radius 2 is 1.83 bits per heavy atom. The van der Waals surface area contributed by atoms with Crippen molar-refractivity contribution in [2.75, 3.05) is 27.1 Å². The highest BCUT2D eigenvalue weighted by Crippen LogP contribution is 2.24. The summed E-state index contributed by atoms with van der Waals surface area (Å²) in [5.74, 6) is 1.67. The molecule has 1 atom stereocenters. The van der Waals surface area contributed by atoms with Crippen LogP contribution in [0.25, 0.3) is 0 Å². The summed E-state index contributed by atoms with van der Waals surface area (Å²) in [5, 5.41) is 0. The van der Waals surface area contributed by atoms with E-state index >= 15 is 0 Å². The molecule has 0 aliphatic rings. The number of hydrogen-bond acceptors (Lipinski definition) is 5. The quantitative estimate of drug-likeness (QED) is 0.252. The molecule has 0 fully saturated rings. The fourth-order valence-corrected chi connectivity index (χ4v) is 3.10. The predicted molar refractivity (Wildman–Crippen MR) is 114 cm³/mol. The van der Waals surface area contributed by atoms with Gasteiger partial charge in [0.2, 0.25) is 0 Å². The summed E-state index contributed by atoms with van der Waals surface area (Å²) in [6.07, 6.45) is 4.49. The van der Waals surface area contributed by atoms with E-state index in [0.717, 1.165) is 48.2 Å². The summed E-state index contributed by atoms with van der Waals surface area (Å²) >= 11 is 0. The van der Waals surface area contributed by atoms with Gasteiger partial charge in [-0.15, -0.1) is 0 Å². The van der Waals surface area contributed by atoms with E-state index in [1.807, 2.05) is 43.3 Å². The maximum absolute atomic E-state index is 11.2. The minimum Gasteiger partial charge on any atom is -0.494 e. The number of rotatable bonds is 14. The van der Waals surface area contributed by atoms with E-state index in [1.54, 1.807) is 13.2 Å². The average molecular weight is 401 g/mol. The summed E-state index contributed by atoms with van der Waals surface area (Å²) < 4.78 is 22.1. The van der Waals surface area contributed by atoms with Gasteiger partial charge in [0.15, 0.2) is 0 Å². The van der Waals surface area contributed by atoms with Gasteiger partial charge in [-0.05, 0) is 67.6 Å². The Hall–Kier alpha value is -2.37. The molecule has 0 radical (unpaired) electrons. The molecule has 0 aliphatic carbocycles. The van der Waals surface area contributed by atoms with E-state index in [1.165, 1.54) is 0 Å². The van der Waals surface area contributed by atoms with Crippen molar-refractivity contribution in [3.63, 3.8) is 0 Å². The van der Waals surface area contributed by atoms with Gasteiger partial charge in [-0.25, -0.2) is 0 Å². The normalized spacial score (nSPS) is 11.8. The Kier molecular flexibility index (Phi) is 10.2. The summed E-state index contributed by atoms with van der Waals surface area (Å²) in [5.41, 5.74) is 2.79. The predicted octanol–water partition coefficient (Wildman–Crippen LogP) is 5.05. The van der Waals surface area contributed by atoms with Crippen molar-refractivity contribution in [2.24, 2.45) is 0 Å². The first kappa shape index (κ1) is 22.9. The first-order chi connectivity index (χ1) is 14.2. The van der Waals surface area contributed by atoms with E-state index in [-0.39, 0.29) is 6.10 Å². The number of ether oxygens (including phenoxy) is 4. The van der Waals surface area contributed by atoms with Crippen LogP contribution in [0.3, 0.4) is 0 Å². The molecule has 0 amide bonds. The zero-order chi connectivity index (χ0) is 20.9. The second kappa shape index (κ2) is 13.0. The summed E-state index contributed by atoms with van der Waals surface area (Å²) in [6, 6.07) is 13.6. The van der Waals surface area contributed by atoms with Crippen molar-refractivity contribution in [3.05, 3.63) is 59.2 Å². The zero-order valence-electron chi connectivity index (χ0n) is 17.7. The number of carbonyl (C=O) groups is 1. The molecule has 0 bridgehead atoms. The fourth-order valence-electron chi connectivity index (χ4n) is 3.10. The zero-order valence-corrected chi connectivity index (χ0v) is 17.7. The summed E-state index contributed by atoms with van der Waals surface area (Å²) in [6.45, 7) is 5.64. The maximum atomic E-state index is 11.2. The molecule has 2 aromatic rings. The lowest BCUT2D eigenvalue weighted by molar-refractivity contribution is -0.0760. The topological polar surface area (TPSA) is 54.0 Å². The van der Waals surface area contributed by atoms with Crippen LogP contribution in [0.4, 0.5) is 0 Å². The molecule has 0 spiro atoms. The molecule has 0 saturated carbocycles. The van der Waals surface area contributed by atoms with Gasteiger partial charge in [0.1, 0.15) is 24.6 Å². The second-order valence-corrected chi connectivity index (χ2v) is 6.83. The van der Waals surface area contributed by atoms with Crippen LogP contribution in [0.15, 0.2) is 42.5 Å². The van der Waals surface area contributed by atoms with Gasteiger partial charge in [0, 0.05) is 19.1 Å². The van der Waals surface area contributed by atoms with E-state index < -0.39 is 0 Å². The molecule has 158 valence electrons. The van der Waals surface area contributed by atoms with Gasteiger partial charge in [0.05, 0.1) is 19.3 Å². The molecule has 0 aliphatic heterocycles. The Morgan fingerprint density at radius 3 is 2.48 bits per heavy atom. The molecule has 0 N–H and O–H groups in total. The third-order valence-corrected chi connectivity index (χ3v) is 4.65. The average Bonchev–Trinajstić information content (AvgIpc) is 2.75. The molecule has 29 heavy (non-hydrogen) atoms. The standard InChI is InChI=1S/C24H32O5/c1-4-22(29-18-26-3)7-6-14-28-24-13-10-20(17-25)16-21(24)15-19-8-11-23(12-9-19)27-5-2/h8-13,16-17,22H,4-7,14-15,18H2,1-3H3. The van der Waals surface area contributed by atoms with Crippen LogP contribution in [0.1, 0.15) is 54.6 Å². The molecule has 2 rings (SSSR count). The Bertz CT molecular complexity index is 727. The largest absolute Gasteiger partial charge is 0.494 e. The van der Waals surface area contributed by atoms with Gasteiger partial charge in [-0.3, -0.25) is 4.79 Å². The number of benzene rings is 2. The number of aldehydes is 1. The third-order valence-electron chi connectivity index (χ3n) is 4.65. The van der Waals surface area contributed by atoms with Crippen molar-refractivity contribution in [1.82, 2.24) is 0 Å². The minimum absolute atomic E-state index is 0.180. The van der Waals surface area contributed by atoms with Gasteiger partial charge in [0.25, 0.3) is 0 Å². The van der Waals surface area contributed by atoms with Crippen molar-refractivity contribution < 1.29 is 23.7 Å². The number of methoxy groups -OCH3 is 1. The Labute approximate surface area is 173 Å². The Balaban J connectivity index is 1.98. The molecule has 0 aromatic heterocycles. The first-order valence-corrected chi connectivity index (χ1v) is 10.2. The minimum atomic E-state index is 0.180. The molecule has 0 heterocycles. The fraction of sp³-hybridized carbons (Fsp3) is 0.458. The summed E-state index contributed by atoms with van der Waals surface area (Å²) in [4.78, 5) is 11.2. The summed E-state index contributed by atoms with van der Waals surface area (Å²) in [7, 11) is 1.63. The van der Waals surface area contributed by atoms with Crippen molar-refractivity contribution in [2.45, 2.75) is 45.6 Å². The molecular formula is C24H32O5. The monoisotopic (exact) mass is 400 g/mol. The second-order valence-electron chi connectivity index (χ2n) is 6.83. The molecular weight excluding hydrogens is 368 g/mol. The SMILES string of the molecule is CCOc1ccc(Cc2cc(C=O)ccc2OCCCC(CC)OCOC)cc1. The molecule has 5 heteroatoms. The van der Waals surface area contributed by atoms with Crippen molar-refractivity contribution >= 4 is 6.29 Å². The highest BCUT2D eigenvalue weighted by molar-refractivity contribution is 5.75. The van der Waals surface area contributed by atoms with Crippen LogP contribution < -0.4 is 9.47 Å².